The molecule has 0 saturated heterocycles. The molecule has 0 unspecified atom stereocenters. The SMILES string of the molecule is CCOc1ccc(C(=O)c2ccc(OCC)cc2O)c(O)c1. The summed E-state index contributed by atoms with van der Waals surface area (Å²) in [7, 11) is 0. The Labute approximate surface area is 128 Å². The third-order valence-electron chi connectivity index (χ3n) is 3.05. The van der Waals surface area contributed by atoms with Crippen molar-refractivity contribution in [3.05, 3.63) is 47.5 Å². The van der Waals surface area contributed by atoms with Gasteiger partial charge < -0.3 is 19.7 Å². The van der Waals surface area contributed by atoms with E-state index in [4.69, 9.17) is 9.47 Å². The van der Waals surface area contributed by atoms with Crippen molar-refractivity contribution in [1.29, 1.82) is 0 Å². The number of carbonyl (C=O) groups excluding carboxylic acids is 1. The highest BCUT2D eigenvalue weighted by molar-refractivity contribution is 6.12. The molecule has 2 aromatic carbocycles. The molecule has 0 heterocycles. The van der Waals surface area contributed by atoms with Crippen molar-refractivity contribution in [2.75, 3.05) is 13.2 Å². The van der Waals surface area contributed by atoms with Gasteiger partial charge >= 0.3 is 0 Å². The lowest BCUT2D eigenvalue weighted by Gasteiger charge is -2.10. The molecule has 0 atom stereocenters. The molecule has 0 spiro atoms. The van der Waals surface area contributed by atoms with E-state index in [9.17, 15) is 15.0 Å². The molecule has 0 aromatic heterocycles. The lowest BCUT2D eigenvalue weighted by Crippen LogP contribution is -2.03. The molecule has 0 aliphatic heterocycles. The molecule has 0 saturated carbocycles. The summed E-state index contributed by atoms with van der Waals surface area (Å²) < 4.78 is 10.5. The topological polar surface area (TPSA) is 76.0 Å². The number of phenolic OH excluding ortho intramolecular Hbond substituents is 2. The number of carbonyl (C=O) groups is 1. The summed E-state index contributed by atoms with van der Waals surface area (Å²) in [5.74, 6) is 0.106. The maximum absolute atomic E-state index is 12.4. The zero-order chi connectivity index (χ0) is 16.1. The predicted octanol–water partition coefficient (Wildman–Crippen LogP) is 3.13. The highest BCUT2D eigenvalue weighted by Crippen LogP contribution is 2.30. The van der Waals surface area contributed by atoms with E-state index >= 15 is 0 Å². The Kier molecular flexibility index (Phi) is 4.88. The van der Waals surface area contributed by atoms with E-state index in [1.54, 1.807) is 12.1 Å². The molecular formula is C17H18O5. The fourth-order valence-corrected chi connectivity index (χ4v) is 2.06. The zero-order valence-electron chi connectivity index (χ0n) is 12.5. The number of benzene rings is 2. The summed E-state index contributed by atoms with van der Waals surface area (Å²) in [5.41, 5.74) is 0.200. The van der Waals surface area contributed by atoms with Gasteiger partial charge in [-0.25, -0.2) is 0 Å². The number of phenols is 2. The van der Waals surface area contributed by atoms with Crippen molar-refractivity contribution in [2.24, 2.45) is 0 Å². The molecule has 22 heavy (non-hydrogen) atoms. The normalized spacial score (nSPS) is 10.3. The van der Waals surface area contributed by atoms with E-state index in [2.05, 4.69) is 0 Å². The van der Waals surface area contributed by atoms with Gasteiger partial charge in [-0.05, 0) is 38.1 Å². The van der Waals surface area contributed by atoms with Crippen LogP contribution in [0.5, 0.6) is 23.0 Å². The Morgan fingerprint density at radius 1 is 0.864 bits per heavy atom. The quantitative estimate of drug-likeness (QED) is 0.802. The molecule has 2 aromatic rings. The maximum Gasteiger partial charge on any atom is 0.200 e. The van der Waals surface area contributed by atoms with Crippen LogP contribution in [0.15, 0.2) is 36.4 Å². The van der Waals surface area contributed by atoms with Crippen molar-refractivity contribution in [3.63, 3.8) is 0 Å². The van der Waals surface area contributed by atoms with Gasteiger partial charge in [-0.2, -0.15) is 0 Å². The molecule has 0 radical (unpaired) electrons. The molecule has 116 valence electrons. The van der Waals surface area contributed by atoms with Crippen molar-refractivity contribution >= 4 is 5.78 Å². The van der Waals surface area contributed by atoms with E-state index in [0.717, 1.165) is 0 Å². The van der Waals surface area contributed by atoms with Crippen LogP contribution in [0.3, 0.4) is 0 Å². The smallest absolute Gasteiger partial charge is 0.200 e. The molecule has 0 aliphatic rings. The molecule has 2 rings (SSSR count). The number of ether oxygens (including phenoxy) is 2. The zero-order valence-corrected chi connectivity index (χ0v) is 12.5. The van der Waals surface area contributed by atoms with Crippen LogP contribution in [0, 0.1) is 0 Å². The van der Waals surface area contributed by atoms with Crippen LogP contribution >= 0.6 is 0 Å². The molecule has 0 fully saturated rings. The van der Waals surface area contributed by atoms with Crippen LogP contribution in [0.2, 0.25) is 0 Å². The first kappa shape index (κ1) is 15.7. The lowest BCUT2D eigenvalue weighted by molar-refractivity contribution is 0.103. The first-order valence-electron chi connectivity index (χ1n) is 7.03. The summed E-state index contributed by atoms with van der Waals surface area (Å²) in [5, 5.41) is 19.9. The van der Waals surface area contributed by atoms with Crippen LogP contribution in [0.4, 0.5) is 0 Å². The number of rotatable bonds is 6. The Morgan fingerprint density at radius 2 is 1.27 bits per heavy atom. The largest absolute Gasteiger partial charge is 0.507 e. The second-order valence-electron chi connectivity index (χ2n) is 4.55. The summed E-state index contributed by atoms with van der Waals surface area (Å²) in [4.78, 5) is 12.4. The Bertz CT molecular complexity index is 621. The van der Waals surface area contributed by atoms with Gasteiger partial charge in [-0.1, -0.05) is 0 Å². The fourth-order valence-electron chi connectivity index (χ4n) is 2.06. The van der Waals surface area contributed by atoms with Crippen LogP contribution in [-0.4, -0.2) is 29.2 Å². The lowest BCUT2D eigenvalue weighted by atomic mass is 10.0. The number of ketones is 1. The summed E-state index contributed by atoms with van der Waals surface area (Å²) >= 11 is 0. The van der Waals surface area contributed by atoms with Gasteiger partial charge in [0.25, 0.3) is 0 Å². The van der Waals surface area contributed by atoms with Crippen LogP contribution < -0.4 is 9.47 Å². The summed E-state index contributed by atoms with van der Waals surface area (Å²) in [6.07, 6.45) is 0. The molecule has 0 aliphatic carbocycles. The van der Waals surface area contributed by atoms with Gasteiger partial charge in [-0.3, -0.25) is 4.79 Å². The van der Waals surface area contributed by atoms with E-state index < -0.39 is 5.78 Å². The van der Waals surface area contributed by atoms with Crippen molar-refractivity contribution in [3.8, 4) is 23.0 Å². The van der Waals surface area contributed by atoms with Gasteiger partial charge in [0, 0.05) is 12.1 Å². The Hall–Kier alpha value is -2.69. The van der Waals surface area contributed by atoms with Crippen molar-refractivity contribution in [2.45, 2.75) is 13.8 Å². The van der Waals surface area contributed by atoms with E-state index in [0.29, 0.717) is 24.7 Å². The number of hydrogen-bond acceptors (Lipinski definition) is 5. The summed E-state index contributed by atoms with van der Waals surface area (Å²) in [6, 6.07) is 8.89. The third kappa shape index (κ3) is 3.31. The highest BCUT2D eigenvalue weighted by Gasteiger charge is 2.18. The average Bonchev–Trinajstić information content (AvgIpc) is 2.47. The number of hydrogen-bond donors (Lipinski definition) is 2. The minimum Gasteiger partial charge on any atom is -0.507 e. The van der Waals surface area contributed by atoms with E-state index in [1.807, 2.05) is 13.8 Å². The molecule has 0 amide bonds. The Balaban J connectivity index is 2.32. The molecule has 2 N–H and O–H groups in total. The van der Waals surface area contributed by atoms with Crippen LogP contribution in [-0.2, 0) is 0 Å². The van der Waals surface area contributed by atoms with Gasteiger partial charge in [-0.15, -0.1) is 0 Å². The third-order valence-corrected chi connectivity index (χ3v) is 3.05. The van der Waals surface area contributed by atoms with E-state index in [1.165, 1.54) is 24.3 Å². The maximum atomic E-state index is 12.4. The Morgan fingerprint density at radius 3 is 1.59 bits per heavy atom. The average molecular weight is 302 g/mol. The monoisotopic (exact) mass is 302 g/mol. The minimum atomic E-state index is -0.471. The van der Waals surface area contributed by atoms with Crippen molar-refractivity contribution in [1.82, 2.24) is 0 Å². The van der Waals surface area contributed by atoms with Gasteiger partial charge in [0.2, 0.25) is 0 Å². The second-order valence-corrected chi connectivity index (χ2v) is 4.55. The van der Waals surface area contributed by atoms with Crippen LogP contribution in [0.25, 0.3) is 0 Å². The number of aromatic hydroxyl groups is 2. The molecule has 5 heteroatoms. The first-order valence-corrected chi connectivity index (χ1v) is 7.03. The van der Waals surface area contributed by atoms with Gasteiger partial charge in [0.1, 0.15) is 23.0 Å². The van der Waals surface area contributed by atoms with Gasteiger partial charge in [0.05, 0.1) is 24.3 Å². The van der Waals surface area contributed by atoms with E-state index in [-0.39, 0.29) is 22.6 Å². The first-order chi connectivity index (χ1) is 10.6. The van der Waals surface area contributed by atoms with Crippen LogP contribution in [0.1, 0.15) is 29.8 Å². The standard InChI is InChI=1S/C17H18O5/c1-3-21-11-5-7-13(15(18)9-11)17(20)14-8-6-12(22-4-2)10-16(14)19/h5-10,18-19H,3-4H2,1-2H3. The minimum absolute atomic E-state index is 0.0999. The van der Waals surface area contributed by atoms with Gasteiger partial charge in [0.15, 0.2) is 5.78 Å². The molecule has 0 bridgehead atoms. The fraction of sp³-hybridized carbons (Fsp3) is 0.235. The highest BCUT2D eigenvalue weighted by atomic mass is 16.5. The summed E-state index contributed by atoms with van der Waals surface area (Å²) in [6.45, 7) is 4.58. The second kappa shape index (κ2) is 6.85. The molecular weight excluding hydrogens is 284 g/mol. The van der Waals surface area contributed by atoms with Crippen molar-refractivity contribution < 1.29 is 24.5 Å². The predicted molar refractivity (Wildman–Crippen MR) is 82.0 cm³/mol. The molecule has 5 nitrogen and oxygen atoms in total.